The second-order valence-corrected chi connectivity index (χ2v) is 7.89. The highest BCUT2D eigenvalue weighted by Crippen LogP contribution is 2.32. The number of fused-ring (bicyclic) bond motifs is 1. The SMILES string of the molecule is O=C(Nc1ccccc1N1CCOCC1)c1csc(-c2ccc3c(c2)CCO3)n1. The summed E-state index contributed by atoms with van der Waals surface area (Å²) in [5, 5.41) is 5.68. The molecule has 0 aliphatic carbocycles. The van der Waals surface area contributed by atoms with Gasteiger partial charge in [0.15, 0.2) is 0 Å². The molecule has 1 saturated heterocycles. The average Bonchev–Trinajstić information content (AvgIpc) is 3.44. The van der Waals surface area contributed by atoms with E-state index < -0.39 is 0 Å². The standard InChI is InChI=1S/C22H21N3O3S/c26-21(23-17-3-1-2-4-19(17)25-8-11-27-12-9-25)18-14-29-22(24-18)16-5-6-20-15(13-16)7-10-28-20/h1-6,13-14H,7-12H2,(H,23,26). The first-order valence-corrected chi connectivity index (χ1v) is 10.6. The van der Waals surface area contributed by atoms with Crippen molar-refractivity contribution in [1.82, 2.24) is 4.98 Å². The van der Waals surface area contributed by atoms with Crippen molar-refractivity contribution < 1.29 is 14.3 Å². The number of morpholine rings is 1. The zero-order valence-electron chi connectivity index (χ0n) is 15.9. The number of thiazole rings is 1. The Balaban J connectivity index is 1.35. The zero-order valence-corrected chi connectivity index (χ0v) is 16.7. The van der Waals surface area contributed by atoms with Gasteiger partial charge in [-0.05, 0) is 35.9 Å². The van der Waals surface area contributed by atoms with Crippen LogP contribution >= 0.6 is 11.3 Å². The highest BCUT2D eigenvalue weighted by molar-refractivity contribution is 7.13. The van der Waals surface area contributed by atoms with Gasteiger partial charge in [-0.15, -0.1) is 11.3 Å². The Morgan fingerprint density at radius 2 is 1.97 bits per heavy atom. The number of rotatable bonds is 4. The largest absolute Gasteiger partial charge is 0.493 e. The molecule has 0 saturated carbocycles. The number of carbonyl (C=O) groups excluding carboxylic acids is 1. The third kappa shape index (κ3) is 3.71. The van der Waals surface area contributed by atoms with Gasteiger partial charge >= 0.3 is 0 Å². The van der Waals surface area contributed by atoms with Crippen molar-refractivity contribution in [3.8, 4) is 16.3 Å². The van der Waals surface area contributed by atoms with E-state index >= 15 is 0 Å². The lowest BCUT2D eigenvalue weighted by Gasteiger charge is -2.30. The predicted molar refractivity (Wildman–Crippen MR) is 114 cm³/mol. The molecule has 0 bridgehead atoms. The summed E-state index contributed by atoms with van der Waals surface area (Å²) < 4.78 is 11.0. The number of nitrogens with zero attached hydrogens (tertiary/aromatic N) is 2. The van der Waals surface area contributed by atoms with Gasteiger partial charge in [-0.3, -0.25) is 4.79 Å². The molecule has 29 heavy (non-hydrogen) atoms. The number of aromatic nitrogens is 1. The van der Waals surface area contributed by atoms with Crippen molar-refractivity contribution in [3.05, 3.63) is 59.1 Å². The molecule has 0 atom stereocenters. The third-order valence-corrected chi connectivity index (χ3v) is 6.07. The highest BCUT2D eigenvalue weighted by Gasteiger charge is 2.19. The molecular weight excluding hydrogens is 386 g/mol. The molecular formula is C22H21N3O3S. The first-order valence-electron chi connectivity index (χ1n) is 9.72. The molecule has 2 aliphatic rings. The van der Waals surface area contributed by atoms with E-state index in [1.165, 1.54) is 16.9 Å². The number of carbonyl (C=O) groups is 1. The van der Waals surface area contributed by atoms with Crippen LogP contribution in [0.15, 0.2) is 47.8 Å². The van der Waals surface area contributed by atoms with Crippen LogP contribution in [0, 0.1) is 0 Å². The van der Waals surface area contributed by atoms with E-state index in [2.05, 4.69) is 21.3 Å². The Hall–Kier alpha value is -2.90. The van der Waals surface area contributed by atoms with E-state index in [0.29, 0.717) is 18.9 Å². The van der Waals surface area contributed by atoms with Crippen LogP contribution in [0.2, 0.25) is 0 Å². The molecule has 0 radical (unpaired) electrons. The van der Waals surface area contributed by atoms with Crippen molar-refractivity contribution in [2.75, 3.05) is 43.1 Å². The highest BCUT2D eigenvalue weighted by atomic mass is 32.1. The summed E-state index contributed by atoms with van der Waals surface area (Å²) in [5.41, 5.74) is 4.45. The maximum atomic E-state index is 12.9. The molecule has 1 N–H and O–H groups in total. The molecule has 2 aliphatic heterocycles. The molecule has 2 aromatic carbocycles. The normalized spacial score (nSPS) is 15.7. The van der Waals surface area contributed by atoms with Crippen molar-refractivity contribution in [2.45, 2.75) is 6.42 Å². The van der Waals surface area contributed by atoms with Gasteiger partial charge in [0.25, 0.3) is 5.91 Å². The Labute approximate surface area is 173 Å². The Morgan fingerprint density at radius 3 is 2.86 bits per heavy atom. The minimum Gasteiger partial charge on any atom is -0.493 e. The predicted octanol–water partition coefficient (Wildman–Crippen LogP) is 3.83. The number of hydrogen-bond donors (Lipinski definition) is 1. The molecule has 0 spiro atoms. The van der Waals surface area contributed by atoms with E-state index in [9.17, 15) is 4.79 Å². The average molecular weight is 407 g/mol. The second kappa shape index (κ2) is 7.85. The first-order chi connectivity index (χ1) is 14.3. The van der Waals surface area contributed by atoms with Crippen LogP contribution in [0.1, 0.15) is 16.1 Å². The molecule has 3 aromatic rings. The maximum absolute atomic E-state index is 12.9. The van der Waals surface area contributed by atoms with Gasteiger partial charge in [0, 0.05) is 30.5 Å². The Morgan fingerprint density at radius 1 is 1.10 bits per heavy atom. The van der Waals surface area contributed by atoms with Crippen LogP contribution in [0.5, 0.6) is 5.75 Å². The molecule has 6 nitrogen and oxygen atoms in total. The fraction of sp³-hybridized carbons (Fsp3) is 0.273. The van der Waals surface area contributed by atoms with Crippen LogP contribution < -0.4 is 15.0 Å². The minimum absolute atomic E-state index is 0.197. The number of benzene rings is 2. The van der Waals surface area contributed by atoms with Crippen LogP contribution in [-0.4, -0.2) is 43.8 Å². The monoisotopic (exact) mass is 407 g/mol. The third-order valence-electron chi connectivity index (χ3n) is 5.18. The first kappa shape index (κ1) is 18.1. The van der Waals surface area contributed by atoms with Crippen molar-refractivity contribution in [1.29, 1.82) is 0 Å². The Kier molecular flexibility index (Phi) is 4.91. The molecule has 1 amide bonds. The second-order valence-electron chi connectivity index (χ2n) is 7.03. The zero-order chi connectivity index (χ0) is 19.6. The van der Waals surface area contributed by atoms with E-state index in [1.54, 1.807) is 0 Å². The molecule has 0 unspecified atom stereocenters. The van der Waals surface area contributed by atoms with Gasteiger partial charge in [-0.1, -0.05) is 12.1 Å². The van der Waals surface area contributed by atoms with Gasteiger partial charge in [0.2, 0.25) is 0 Å². The van der Waals surface area contributed by atoms with E-state index in [-0.39, 0.29) is 5.91 Å². The van der Waals surface area contributed by atoms with Gasteiger partial charge in [-0.2, -0.15) is 0 Å². The van der Waals surface area contributed by atoms with Crippen molar-refractivity contribution >= 4 is 28.6 Å². The summed E-state index contributed by atoms with van der Waals surface area (Å²) in [4.78, 5) is 19.7. The van der Waals surface area contributed by atoms with Gasteiger partial charge in [0.05, 0.1) is 31.2 Å². The van der Waals surface area contributed by atoms with Crippen LogP contribution in [0.3, 0.4) is 0 Å². The number of ether oxygens (including phenoxy) is 2. The summed E-state index contributed by atoms with van der Waals surface area (Å²) in [6.07, 6.45) is 0.917. The number of amides is 1. The van der Waals surface area contributed by atoms with Crippen molar-refractivity contribution in [3.63, 3.8) is 0 Å². The van der Waals surface area contributed by atoms with E-state index in [1.807, 2.05) is 41.8 Å². The van der Waals surface area contributed by atoms with E-state index in [0.717, 1.165) is 53.8 Å². The lowest BCUT2D eigenvalue weighted by molar-refractivity contribution is 0.102. The van der Waals surface area contributed by atoms with Crippen LogP contribution in [0.25, 0.3) is 10.6 Å². The molecule has 3 heterocycles. The fourth-order valence-corrected chi connectivity index (χ4v) is 4.47. The van der Waals surface area contributed by atoms with Crippen LogP contribution in [0.4, 0.5) is 11.4 Å². The summed E-state index contributed by atoms with van der Waals surface area (Å²) in [5.74, 6) is 0.751. The summed E-state index contributed by atoms with van der Waals surface area (Å²) >= 11 is 1.48. The summed E-state index contributed by atoms with van der Waals surface area (Å²) in [6.45, 7) is 3.76. The number of para-hydroxylation sites is 2. The molecule has 148 valence electrons. The quantitative estimate of drug-likeness (QED) is 0.712. The smallest absolute Gasteiger partial charge is 0.275 e. The Bertz CT molecular complexity index is 1040. The van der Waals surface area contributed by atoms with Crippen LogP contribution in [-0.2, 0) is 11.2 Å². The maximum Gasteiger partial charge on any atom is 0.275 e. The van der Waals surface area contributed by atoms with Gasteiger partial charge in [0.1, 0.15) is 16.5 Å². The number of anilines is 2. The fourth-order valence-electron chi connectivity index (χ4n) is 3.68. The number of nitrogens with one attached hydrogen (secondary N) is 1. The lowest BCUT2D eigenvalue weighted by Crippen LogP contribution is -2.36. The molecule has 1 fully saturated rings. The van der Waals surface area contributed by atoms with Gasteiger partial charge in [-0.25, -0.2) is 4.98 Å². The topological polar surface area (TPSA) is 63.7 Å². The van der Waals surface area contributed by atoms with E-state index in [4.69, 9.17) is 9.47 Å². The minimum atomic E-state index is -0.197. The molecule has 7 heteroatoms. The van der Waals surface area contributed by atoms with Gasteiger partial charge < -0.3 is 19.7 Å². The van der Waals surface area contributed by atoms with Crippen molar-refractivity contribution in [2.24, 2.45) is 0 Å². The lowest BCUT2D eigenvalue weighted by atomic mass is 10.1. The summed E-state index contributed by atoms with van der Waals surface area (Å²) in [7, 11) is 0. The summed E-state index contributed by atoms with van der Waals surface area (Å²) in [6, 6.07) is 14.0. The molecule has 5 rings (SSSR count). The molecule has 1 aromatic heterocycles. The number of hydrogen-bond acceptors (Lipinski definition) is 6.